The van der Waals surface area contributed by atoms with E-state index in [9.17, 15) is 4.79 Å². The van der Waals surface area contributed by atoms with Crippen LogP contribution in [0.5, 0.6) is 0 Å². The van der Waals surface area contributed by atoms with Gasteiger partial charge in [0.2, 0.25) is 5.91 Å². The summed E-state index contributed by atoms with van der Waals surface area (Å²) in [6.07, 6.45) is 3.50. The molecule has 4 nitrogen and oxygen atoms in total. The third-order valence-electron chi connectivity index (χ3n) is 4.65. The largest absolute Gasteiger partial charge is 0.342 e. The van der Waals surface area contributed by atoms with Crippen LogP contribution in [-0.2, 0) is 10.5 Å². The van der Waals surface area contributed by atoms with Gasteiger partial charge in [-0.05, 0) is 35.6 Å². The van der Waals surface area contributed by atoms with E-state index in [1.54, 1.807) is 23.1 Å². The first-order valence-electron chi connectivity index (χ1n) is 9.13. The molecule has 1 amide bonds. The van der Waals surface area contributed by atoms with Crippen molar-refractivity contribution in [2.24, 2.45) is 0 Å². The maximum atomic E-state index is 12.3. The smallest absolute Gasteiger partial charge is 0.233 e. The minimum Gasteiger partial charge on any atom is -0.342 e. The van der Waals surface area contributed by atoms with Gasteiger partial charge < -0.3 is 4.90 Å². The molecule has 1 saturated heterocycles. The summed E-state index contributed by atoms with van der Waals surface area (Å²) in [7, 11) is 0. The number of carbonyl (C=O) groups is 1. The zero-order chi connectivity index (χ0) is 18.5. The molecule has 0 unspecified atom stereocenters. The predicted molar refractivity (Wildman–Crippen MR) is 115 cm³/mol. The minimum absolute atomic E-state index is 0.222. The van der Waals surface area contributed by atoms with Crippen molar-refractivity contribution >= 4 is 51.5 Å². The molecule has 1 aromatic heterocycles. The summed E-state index contributed by atoms with van der Waals surface area (Å²) in [6.45, 7) is 1.81. The van der Waals surface area contributed by atoms with Crippen molar-refractivity contribution < 1.29 is 4.79 Å². The quantitative estimate of drug-likeness (QED) is 0.525. The first-order valence-corrected chi connectivity index (χ1v) is 11.9. The van der Waals surface area contributed by atoms with E-state index in [-0.39, 0.29) is 5.91 Å². The number of rotatable bonds is 6. The van der Waals surface area contributed by atoms with Gasteiger partial charge in [0.1, 0.15) is 0 Å². The number of likely N-dealkylation sites (tertiary alicyclic amines) is 1. The van der Waals surface area contributed by atoms with Gasteiger partial charge in [-0.25, -0.2) is 0 Å². The van der Waals surface area contributed by atoms with Crippen LogP contribution in [-0.4, -0.2) is 39.8 Å². The van der Waals surface area contributed by atoms with Crippen LogP contribution in [0.3, 0.4) is 0 Å². The van der Waals surface area contributed by atoms with Crippen LogP contribution in [0.15, 0.2) is 51.1 Å². The highest BCUT2D eigenvalue weighted by Gasteiger charge is 2.17. The van der Waals surface area contributed by atoms with E-state index in [4.69, 9.17) is 0 Å². The molecular formula is C20H21N3OS3. The molecule has 27 heavy (non-hydrogen) atoms. The Kier molecular flexibility index (Phi) is 6.32. The normalized spacial score (nSPS) is 14.6. The van der Waals surface area contributed by atoms with E-state index < -0.39 is 0 Å². The fraction of sp³-hybridized carbons (Fsp3) is 0.350. The maximum Gasteiger partial charge on any atom is 0.233 e. The monoisotopic (exact) mass is 415 g/mol. The van der Waals surface area contributed by atoms with Gasteiger partial charge in [-0.2, -0.15) is 0 Å². The molecule has 0 aliphatic carbocycles. The van der Waals surface area contributed by atoms with Gasteiger partial charge in [0.05, 0.1) is 5.75 Å². The Morgan fingerprint density at radius 2 is 1.70 bits per heavy atom. The molecule has 1 aliphatic heterocycles. The number of hydrogen-bond acceptors (Lipinski definition) is 6. The Morgan fingerprint density at radius 1 is 0.963 bits per heavy atom. The van der Waals surface area contributed by atoms with Crippen LogP contribution in [0.4, 0.5) is 0 Å². The van der Waals surface area contributed by atoms with E-state index in [0.29, 0.717) is 5.75 Å². The van der Waals surface area contributed by atoms with Crippen LogP contribution in [0, 0.1) is 0 Å². The number of nitrogens with zero attached hydrogens (tertiary/aromatic N) is 3. The van der Waals surface area contributed by atoms with Gasteiger partial charge in [0, 0.05) is 18.8 Å². The molecule has 0 atom stereocenters. The van der Waals surface area contributed by atoms with E-state index in [1.807, 2.05) is 4.90 Å². The summed E-state index contributed by atoms with van der Waals surface area (Å²) in [5.74, 6) is 1.55. The fourth-order valence-electron chi connectivity index (χ4n) is 3.23. The van der Waals surface area contributed by atoms with Crippen molar-refractivity contribution in [3.05, 3.63) is 48.0 Å². The van der Waals surface area contributed by atoms with Crippen molar-refractivity contribution in [3.63, 3.8) is 0 Å². The summed E-state index contributed by atoms with van der Waals surface area (Å²) in [5, 5.41) is 11.1. The predicted octanol–water partition coefficient (Wildman–Crippen LogP) is 5.09. The van der Waals surface area contributed by atoms with E-state index >= 15 is 0 Å². The number of aromatic nitrogens is 2. The first-order chi connectivity index (χ1) is 13.3. The second-order valence-corrected chi connectivity index (χ2v) is 9.91. The van der Waals surface area contributed by atoms with Gasteiger partial charge in [-0.15, -0.1) is 10.2 Å². The number of piperidine rings is 1. The van der Waals surface area contributed by atoms with Crippen molar-refractivity contribution in [3.8, 4) is 0 Å². The molecule has 0 N–H and O–H groups in total. The molecule has 0 bridgehead atoms. The molecule has 0 spiro atoms. The Hall–Kier alpha value is -1.57. The lowest BCUT2D eigenvalue weighted by atomic mass is 10.1. The number of carbonyl (C=O) groups excluding carboxylic acids is 1. The average molecular weight is 416 g/mol. The lowest BCUT2D eigenvalue weighted by molar-refractivity contribution is -0.129. The third-order valence-corrected chi connectivity index (χ3v) is 7.87. The molecular weight excluding hydrogens is 394 g/mol. The highest BCUT2D eigenvalue weighted by molar-refractivity contribution is 8.03. The molecule has 140 valence electrons. The van der Waals surface area contributed by atoms with Gasteiger partial charge >= 0.3 is 0 Å². The number of amides is 1. The van der Waals surface area contributed by atoms with E-state index in [1.165, 1.54) is 34.5 Å². The van der Waals surface area contributed by atoms with Gasteiger partial charge in [-0.1, -0.05) is 77.3 Å². The van der Waals surface area contributed by atoms with Crippen LogP contribution in [0.1, 0.15) is 24.8 Å². The lowest BCUT2D eigenvalue weighted by Gasteiger charge is -2.26. The average Bonchev–Trinajstić information content (AvgIpc) is 3.19. The number of benzene rings is 2. The molecule has 4 rings (SSSR count). The Balaban J connectivity index is 1.32. The van der Waals surface area contributed by atoms with Crippen LogP contribution >= 0.6 is 34.9 Å². The van der Waals surface area contributed by atoms with E-state index in [0.717, 1.165) is 40.4 Å². The summed E-state index contributed by atoms with van der Waals surface area (Å²) in [4.78, 5) is 14.2. The zero-order valence-corrected chi connectivity index (χ0v) is 17.4. The zero-order valence-electron chi connectivity index (χ0n) is 15.0. The van der Waals surface area contributed by atoms with Crippen LogP contribution < -0.4 is 0 Å². The fourth-order valence-corrected chi connectivity index (χ4v) is 6.16. The number of fused-ring (bicyclic) bond motifs is 1. The molecule has 7 heteroatoms. The van der Waals surface area contributed by atoms with Crippen molar-refractivity contribution in [2.45, 2.75) is 33.7 Å². The molecule has 3 aromatic rings. The van der Waals surface area contributed by atoms with Gasteiger partial charge in [0.25, 0.3) is 0 Å². The molecule has 2 heterocycles. The number of hydrogen-bond donors (Lipinski definition) is 0. The molecule has 2 aromatic carbocycles. The van der Waals surface area contributed by atoms with Crippen LogP contribution in [0.25, 0.3) is 10.8 Å². The lowest BCUT2D eigenvalue weighted by Crippen LogP contribution is -2.36. The van der Waals surface area contributed by atoms with Gasteiger partial charge in [0.15, 0.2) is 8.68 Å². The molecule has 1 aliphatic rings. The van der Waals surface area contributed by atoms with Crippen LogP contribution in [0.2, 0.25) is 0 Å². The molecule has 1 fully saturated rings. The molecule has 0 saturated carbocycles. The third kappa shape index (κ3) is 4.83. The highest BCUT2D eigenvalue weighted by atomic mass is 32.2. The second kappa shape index (κ2) is 9.08. The Bertz CT molecular complexity index is 916. The maximum absolute atomic E-state index is 12.3. The summed E-state index contributed by atoms with van der Waals surface area (Å²) < 4.78 is 1.83. The van der Waals surface area contributed by atoms with Crippen molar-refractivity contribution in [2.75, 3.05) is 18.8 Å². The SMILES string of the molecule is O=C(CSc1nnc(SCc2cccc3ccccc23)s1)N1CCCCC1. The summed E-state index contributed by atoms with van der Waals surface area (Å²) >= 11 is 4.79. The molecule has 0 radical (unpaired) electrons. The summed E-state index contributed by atoms with van der Waals surface area (Å²) in [5.41, 5.74) is 1.31. The Labute approximate surface area is 171 Å². The summed E-state index contributed by atoms with van der Waals surface area (Å²) in [6, 6.07) is 14.9. The minimum atomic E-state index is 0.222. The van der Waals surface area contributed by atoms with E-state index in [2.05, 4.69) is 52.7 Å². The highest BCUT2D eigenvalue weighted by Crippen LogP contribution is 2.32. The second-order valence-electron chi connectivity index (χ2n) is 6.49. The van der Waals surface area contributed by atoms with Crippen molar-refractivity contribution in [1.29, 1.82) is 0 Å². The van der Waals surface area contributed by atoms with Crippen molar-refractivity contribution in [1.82, 2.24) is 15.1 Å². The first kappa shape index (κ1) is 18.8. The topological polar surface area (TPSA) is 46.1 Å². The Morgan fingerprint density at radius 3 is 2.56 bits per heavy atom. The van der Waals surface area contributed by atoms with Gasteiger partial charge in [-0.3, -0.25) is 4.79 Å². The standard InChI is InChI=1S/C20H21N3OS3/c24-18(23-11-4-1-5-12-23)14-26-20-22-21-19(27-20)25-13-16-9-6-8-15-7-2-3-10-17(15)16/h2-3,6-10H,1,4-5,11-14H2. The number of thioether (sulfide) groups is 2.